The molecule has 1 aliphatic heterocycles. The number of nitrogens with zero attached hydrogens (tertiary/aromatic N) is 2. The van der Waals surface area contributed by atoms with Gasteiger partial charge in [0.25, 0.3) is 5.91 Å². The zero-order valence-electron chi connectivity index (χ0n) is 15.9. The lowest BCUT2D eigenvalue weighted by Crippen LogP contribution is -2.38. The molecule has 0 unspecified atom stereocenters. The Labute approximate surface area is 168 Å². The summed E-state index contributed by atoms with van der Waals surface area (Å²) in [5.74, 6) is 0.220. The number of nitrogens with one attached hydrogen (secondary N) is 1. The molecule has 7 heteroatoms. The summed E-state index contributed by atoms with van der Waals surface area (Å²) in [4.78, 5) is 30.9. The SMILES string of the molecule is Cc1ccc(C(=O)N2CCC(c3nc(CNC(=O)C4CC4)cs3)CC2)cc1F. The molecule has 1 saturated heterocycles. The van der Waals surface area contributed by atoms with Gasteiger partial charge < -0.3 is 10.2 Å². The number of halogens is 1. The number of amides is 2. The van der Waals surface area contributed by atoms with Crippen molar-refractivity contribution in [3.8, 4) is 0 Å². The second-order valence-corrected chi connectivity index (χ2v) is 8.59. The fraction of sp³-hybridized carbons (Fsp3) is 0.476. The fourth-order valence-electron chi connectivity index (χ4n) is 3.50. The summed E-state index contributed by atoms with van der Waals surface area (Å²) in [7, 11) is 0. The first-order chi connectivity index (χ1) is 13.5. The van der Waals surface area contributed by atoms with E-state index < -0.39 is 0 Å². The second-order valence-electron chi connectivity index (χ2n) is 7.70. The summed E-state index contributed by atoms with van der Waals surface area (Å²) in [6, 6.07) is 4.66. The molecule has 5 nitrogen and oxygen atoms in total. The van der Waals surface area contributed by atoms with Crippen LogP contribution in [0.4, 0.5) is 4.39 Å². The molecule has 4 rings (SSSR count). The van der Waals surface area contributed by atoms with E-state index in [1.807, 2.05) is 5.38 Å². The number of rotatable bonds is 5. The fourth-order valence-corrected chi connectivity index (χ4v) is 4.49. The Kier molecular flexibility index (Phi) is 5.44. The minimum atomic E-state index is -0.343. The molecule has 0 radical (unpaired) electrons. The van der Waals surface area contributed by atoms with Gasteiger partial charge >= 0.3 is 0 Å². The average molecular weight is 402 g/mol. The predicted molar refractivity (Wildman–Crippen MR) is 106 cm³/mol. The van der Waals surface area contributed by atoms with Gasteiger partial charge in [0.2, 0.25) is 5.91 Å². The first-order valence-electron chi connectivity index (χ1n) is 9.78. The molecule has 1 aromatic carbocycles. The number of carbonyl (C=O) groups excluding carboxylic acids is 2. The Balaban J connectivity index is 1.30. The highest BCUT2D eigenvalue weighted by Gasteiger charge is 2.30. The van der Waals surface area contributed by atoms with E-state index in [-0.39, 0.29) is 23.5 Å². The van der Waals surface area contributed by atoms with Crippen LogP contribution < -0.4 is 5.32 Å². The summed E-state index contributed by atoms with van der Waals surface area (Å²) < 4.78 is 13.7. The van der Waals surface area contributed by atoms with E-state index in [4.69, 9.17) is 0 Å². The Bertz CT molecular complexity index is 886. The van der Waals surface area contributed by atoms with Crippen molar-refractivity contribution in [2.75, 3.05) is 13.1 Å². The van der Waals surface area contributed by atoms with Crippen molar-refractivity contribution in [1.82, 2.24) is 15.2 Å². The van der Waals surface area contributed by atoms with Crippen LogP contribution in [0.15, 0.2) is 23.6 Å². The van der Waals surface area contributed by atoms with Gasteiger partial charge in [-0.05, 0) is 50.3 Å². The zero-order valence-corrected chi connectivity index (χ0v) is 16.7. The van der Waals surface area contributed by atoms with Gasteiger partial charge in [-0.2, -0.15) is 0 Å². The lowest BCUT2D eigenvalue weighted by Gasteiger charge is -2.31. The normalized spacial score (nSPS) is 17.6. The second kappa shape index (κ2) is 7.99. The first kappa shape index (κ1) is 19.1. The highest BCUT2D eigenvalue weighted by atomic mass is 32.1. The first-order valence-corrected chi connectivity index (χ1v) is 10.7. The topological polar surface area (TPSA) is 62.3 Å². The van der Waals surface area contributed by atoms with Crippen molar-refractivity contribution in [3.63, 3.8) is 0 Å². The number of aryl methyl sites for hydroxylation is 1. The maximum atomic E-state index is 13.7. The number of hydrogen-bond acceptors (Lipinski definition) is 4. The molecule has 2 aliphatic rings. The van der Waals surface area contributed by atoms with Gasteiger partial charge in [-0.15, -0.1) is 11.3 Å². The van der Waals surface area contributed by atoms with Crippen LogP contribution in [-0.4, -0.2) is 34.8 Å². The molecule has 2 amide bonds. The van der Waals surface area contributed by atoms with E-state index in [1.54, 1.807) is 35.3 Å². The number of aromatic nitrogens is 1. The van der Waals surface area contributed by atoms with Gasteiger partial charge in [-0.25, -0.2) is 9.37 Å². The average Bonchev–Trinajstić information content (AvgIpc) is 3.46. The molecule has 0 spiro atoms. The highest BCUT2D eigenvalue weighted by Crippen LogP contribution is 2.31. The molecule has 28 heavy (non-hydrogen) atoms. The monoisotopic (exact) mass is 401 g/mol. The third-order valence-electron chi connectivity index (χ3n) is 5.51. The van der Waals surface area contributed by atoms with Gasteiger partial charge in [0.15, 0.2) is 0 Å². The Hall–Kier alpha value is -2.28. The summed E-state index contributed by atoms with van der Waals surface area (Å²) in [6.45, 7) is 3.47. The molecular weight excluding hydrogens is 377 g/mol. The minimum absolute atomic E-state index is 0.111. The molecule has 2 fully saturated rings. The van der Waals surface area contributed by atoms with Crippen LogP contribution in [0, 0.1) is 18.7 Å². The largest absolute Gasteiger partial charge is 0.350 e. The van der Waals surface area contributed by atoms with Crippen LogP contribution in [0.1, 0.15) is 58.2 Å². The van der Waals surface area contributed by atoms with Crippen molar-refractivity contribution in [2.24, 2.45) is 5.92 Å². The summed E-state index contributed by atoms with van der Waals surface area (Å²) in [5, 5.41) is 6.03. The molecule has 2 aromatic rings. The van der Waals surface area contributed by atoms with E-state index in [9.17, 15) is 14.0 Å². The molecular formula is C21H24FN3O2S. The smallest absolute Gasteiger partial charge is 0.253 e. The van der Waals surface area contributed by atoms with Crippen LogP contribution in [0.3, 0.4) is 0 Å². The molecule has 1 aromatic heterocycles. The van der Waals surface area contributed by atoms with Crippen molar-refractivity contribution in [3.05, 3.63) is 51.2 Å². The highest BCUT2D eigenvalue weighted by molar-refractivity contribution is 7.09. The van der Waals surface area contributed by atoms with E-state index in [1.165, 1.54) is 6.07 Å². The van der Waals surface area contributed by atoms with Crippen LogP contribution in [0.5, 0.6) is 0 Å². The maximum Gasteiger partial charge on any atom is 0.253 e. The maximum absolute atomic E-state index is 13.7. The van der Waals surface area contributed by atoms with E-state index in [0.717, 1.165) is 36.4 Å². The Morgan fingerprint density at radius 1 is 1.25 bits per heavy atom. The molecule has 1 N–H and O–H groups in total. The summed E-state index contributed by atoms with van der Waals surface area (Å²) >= 11 is 1.63. The molecule has 0 bridgehead atoms. The Morgan fingerprint density at radius 3 is 2.68 bits per heavy atom. The number of likely N-dealkylation sites (tertiary alicyclic amines) is 1. The standard InChI is InChI=1S/C21H24FN3O2S/c1-13-2-3-16(10-18(13)22)21(27)25-8-6-15(7-9-25)20-24-17(12-28-20)11-23-19(26)14-4-5-14/h2-3,10,12,14-15H,4-9,11H2,1H3,(H,23,26). The van der Waals surface area contributed by atoms with Crippen LogP contribution in [0.25, 0.3) is 0 Å². The number of benzene rings is 1. The van der Waals surface area contributed by atoms with Gasteiger partial charge in [0, 0.05) is 35.9 Å². The minimum Gasteiger partial charge on any atom is -0.350 e. The van der Waals surface area contributed by atoms with Crippen molar-refractivity contribution >= 4 is 23.2 Å². The van der Waals surface area contributed by atoms with Crippen LogP contribution >= 0.6 is 11.3 Å². The number of hydrogen-bond donors (Lipinski definition) is 1. The summed E-state index contributed by atoms with van der Waals surface area (Å²) in [5.41, 5.74) is 1.86. The summed E-state index contributed by atoms with van der Waals surface area (Å²) in [6.07, 6.45) is 3.70. The number of carbonyl (C=O) groups is 2. The lowest BCUT2D eigenvalue weighted by molar-refractivity contribution is -0.122. The zero-order chi connectivity index (χ0) is 19.7. The molecule has 148 valence electrons. The van der Waals surface area contributed by atoms with Gasteiger partial charge in [0.05, 0.1) is 17.2 Å². The van der Waals surface area contributed by atoms with Gasteiger partial charge in [-0.3, -0.25) is 9.59 Å². The molecule has 2 heterocycles. The molecule has 1 saturated carbocycles. The Morgan fingerprint density at radius 2 is 2.00 bits per heavy atom. The number of thiazole rings is 1. The number of piperidine rings is 1. The predicted octanol–water partition coefficient (Wildman–Crippen LogP) is 3.64. The van der Waals surface area contributed by atoms with Crippen LogP contribution in [-0.2, 0) is 11.3 Å². The molecule has 1 aliphatic carbocycles. The van der Waals surface area contributed by atoms with Gasteiger partial charge in [-0.1, -0.05) is 6.07 Å². The van der Waals surface area contributed by atoms with Crippen molar-refractivity contribution < 1.29 is 14.0 Å². The van der Waals surface area contributed by atoms with Crippen molar-refractivity contribution in [2.45, 2.75) is 45.1 Å². The third kappa shape index (κ3) is 4.24. The third-order valence-corrected chi connectivity index (χ3v) is 6.57. The van der Waals surface area contributed by atoms with Gasteiger partial charge in [0.1, 0.15) is 5.82 Å². The molecule has 0 atom stereocenters. The quantitative estimate of drug-likeness (QED) is 0.832. The van der Waals surface area contributed by atoms with Crippen LogP contribution in [0.2, 0.25) is 0 Å². The van der Waals surface area contributed by atoms with Crippen molar-refractivity contribution in [1.29, 1.82) is 0 Å². The van der Waals surface area contributed by atoms with E-state index >= 15 is 0 Å². The lowest BCUT2D eigenvalue weighted by atomic mass is 9.97. The van der Waals surface area contributed by atoms with E-state index in [2.05, 4.69) is 10.3 Å². The van der Waals surface area contributed by atoms with E-state index in [0.29, 0.717) is 36.7 Å².